The number of hydrogen-bond donors (Lipinski definition) is 1. The lowest BCUT2D eigenvalue weighted by Gasteiger charge is -2.28. The van der Waals surface area contributed by atoms with Crippen LogP contribution in [-0.2, 0) is 11.8 Å². The van der Waals surface area contributed by atoms with E-state index in [0.29, 0.717) is 6.54 Å². The predicted molar refractivity (Wildman–Crippen MR) is 93.4 cm³/mol. The molecule has 2 nitrogen and oxygen atoms in total. The lowest BCUT2D eigenvalue weighted by molar-refractivity contribution is 0.285. The van der Waals surface area contributed by atoms with Crippen LogP contribution < -0.4 is 10.5 Å². The van der Waals surface area contributed by atoms with Gasteiger partial charge in [-0.2, -0.15) is 0 Å². The molecule has 0 aliphatic heterocycles. The highest BCUT2D eigenvalue weighted by atomic mass is 16.5. The van der Waals surface area contributed by atoms with Crippen molar-refractivity contribution < 1.29 is 4.74 Å². The van der Waals surface area contributed by atoms with E-state index in [1.807, 2.05) is 6.07 Å². The van der Waals surface area contributed by atoms with Gasteiger partial charge in [0.2, 0.25) is 0 Å². The van der Waals surface area contributed by atoms with Gasteiger partial charge in [0.25, 0.3) is 0 Å². The summed E-state index contributed by atoms with van der Waals surface area (Å²) >= 11 is 0. The van der Waals surface area contributed by atoms with Crippen LogP contribution in [0, 0.1) is 0 Å². The molecular formula is C20H27NO. The molecule has 118 valence electrons. The summed E-state index contributed by atoms with van der Waals surface area (Å²) in [6.07, 6.45) is 3.09. The molecule has 0 heterocycles. The second-order valence-corrected chi connectivity index (χ2v) is 6.08. The minimum atomic E-state index is 0.0245. The summed E-state index contributed by atoms with van der Waals surface area (Å²) < 4.78 is 5.84. The molecule has 0 amide bonds. The molecule has 0 bridgehead atoms. The van der Waals surface area contributed by atoms with Crippen LogP contribution in [-0.4, -0.2) is 13.2 Å². The van der Waals surface area contributed by atoms with Gasteiger partial charge >= 0.3 is 0 Å². The zero-order valence-electron chi connectivity index (χ0n) is 13.7. The molecular weight excluding hydrogens is 270 g/mol. The normalized spacial score (nSPS) is 13.6. The minimum Gasteiger partial charge on any atom is -0.494 e. The zero-order valence-corrected chi connectivity index (χ0v) is 13.7. The number of nitrogens with two attached hydrogens (primary N) is 1. The highest BCUT2D eigenvalue weighted by Gasteiger charge is 2.24. The highest BCUT2D eigenvalue weighted by molar-refractivity contribution is 5.27. The van der Waals surface area contributed by atoms with Gasteiger partial charge in [-0.05, 0) is 42.5 Å². The average Bonchev–Trinajstić information content (AvgIpc) is 2.60. The summed E-state index contributed by atoms with van der Waals surface area (Å²) in [5.41, 5.74) is 8.70. The Hall–Kier alpha value is -1.80. The number of benzene rings is 2. The first-order valence-electron chi connectivity index (χ1n) is 8.15. The summed E-state index contributed by atoms with van der Waals surface area (Å²) in [4.78, 5) is 0. The number of aryl methyl sites for hydroxylation is 1. The van der Waals surface area contributed by atoms with E-state index in [1.165, 1.54) is 11.1 Å². The molecule has 0 aliphatic carbocycles. The molecule has 22 heavy (non-hydrogen) atoms. The Morgan fingerprint density at radius 3 is 2.27 bits per heavy atom. The fraction of sp³-hybridized carbons (Fsp3) is 0.400. The Morgan fingerprint density at radius 1 is 1.00 bits per heavy atom. The maximum absolute atomic E-state index is 6.02. The molecule has 1 unspecified atom stereocenters. The molecule has 0 aliphatic rings. The molecule has 2 aromatic carbocycles. The van der Waals surface area contributed by atoms with E-state index < -0.39 is 0 Å². The molecule has 0 fully saturated rings. The molecule has 2 aromatic rings. The van der Waals surface area contributed by atoms with E-state index in [2.05, 4.69) is 62.4 Å². The van der Waals surface area contributed by atoms with E-state index in [9.17, 15) is 0 Å². The van der Waals surface area contributed by atoms with Crippen LogP contribution in [0.3, 0.4) is 0 Å². The van der Waals surface area contributed by atoms with Crippen molar-refractivity contribution in [2.45, 2.75) is 38.5 Å². The van der Waals surface area contributed by atoms with Crippen LogP contribution in [0.5, 0.6) is 5.75 Å². The second-order valence-electron chi connectivity index (χ2n) is 6.08. The summed E-state index contributed by atoms with van der Waals surface area (Å²) in [5.74, 6) is 0.950. The van der Waals surface area contributed by atoms with Crippen LogP contribution in [0.25, 0.3) is 0 Å². The zero-order chi connectivity index (χ0) is 15.8. The summed E-state index contributed by atoms with van der Waals surface area (Å²) in [6, 6.07) is 18.9. The predicted octanol–water partition coefficient (Wildman–Crippen LogP) is 4.32. The van der Waals surface area contributed by atoms with E-state index >= 15 is 0 Å². The monoisotopic (exact) mass is 297 g/mol. The second kappa shape index (κ2) is 8.00. The lowest BCUT2D eigenvalue weighted by Crippen LogP contribution is -2.32. The van der Waals surface area contributed by atoms with Crippen molar-refractivity contribution in [2.75, 3.05) is 13.2 Å². The Morgan fingerprint density at radius 2 is 1.68 bits per heavy atom. The van der Waals surface area contributed by atoms with Gasteiger partial charge in [0, 0.05) is 12.0 Å². The van der Waals surface area contributed by atoms with Gasteiger partial charge in [-0.1, -0.05) is 56.3 Å². The molecule has 2 rings (SSSR count). The number of hydrogen-bond acceptors (Lipinski definition) is 2. The number of ether oxygens (including phenoxy) is 1. The fourth-order valence-electron chi connectivity index (χ4n) is 2.68. The van der Waals surface area contributed by atoms with Crippen LogP contribution in [0.2, 0.25) is 0 Å². The molecule has 2 heteroatoms. The summed E-state index contributed by atoms with van der Waals surface area (Å²) in [7, 11) is 0. The molecule has 1 atom stereocenters. The van der Waals surface area contributed by atoms with Crippen LogP contribution in [0.15, 0.2) is 54.6 Å². The Bertz CT molecular complexity index is 550. The quantitative estimate of drug-likeness (QED) is 0.736. The number of rotatable bonds is 8. The minimum absolute atomic E-state index is 0.0245. The van der Waals surface area contributed by atoms with Crippen molar-refractivity contribution in [3.63, 3.8) is 0 Å². The van der Waals surface area contributed by atoms with Gasteiger partial charge in [-0.3, -0.25) is 0 Å². The van der Waals surface area contributed by atoms with Crippen LogP contribution >= 0.6 is 0 Å². The van der Waals surface area contributed by atoms with Crippen molar-refractivity contribution in [1.29, 1.82) is 0 Å². The molecule has 0 spiro atoms. The Labute approximate surface area is 134 Å². The van der Waals surface area contributed by atoms with Crippen molar-refractivity contribution in [1.82, 2.24) is 0 Å². The standard InChI is InChI=1S/C20H27NO/c1-3-17-10-12-19(13-11-17)22-15-7-14-20(2,16-21)18-8-5-4-6-9-18/h4-6,8-13H,3,7,14-16,21H2,1-2H3. The molecule has 0 saturated heterocycles. The average molecular weight is 297 g/mol. The molecule has 0 radical (unpaired) electrons. The lowest BCUT2D eigenvalue weighted by atomic mass is 9.79. The van der Waals surface area contributed by atoms with Gasteiger partial charge < -0.3 is 10.5 Å². The maximum atomic E-state index is 6.02. The summed E-state index contributed by atoms with van der Waals surface area (Å²) in [6.45, 7) is 5.78. The molecule has 0 saturated carbocycles. The van der Waals surface area contributed by atoms with E-state index in [1.54, 1.807) is 0 Å². The SMILES string of the molecule is CCc1ccc(OCCCC(C)(CN)c2ccccc2)cc1. The van der Waals surface area contributed by atoms with E-state index in [-0.39, 0.29) is 5.41 Å². The van der Waals surface area contributed by atoms with Crippen LogP contribution in [0.1, 0.15) is 37.8 Å². The fourth-order valence-corrected chi connectivity index (χ4v) is 2.68. The van der Waals surface area contributed by atoms with Crippen molar-refractivity contribution >= 4 is 0 Å². The third kappa shape index (κ3) is 4.35. The van der Waals surface area contributed by atoms with Gasteiger partial charge in [-0.25, -0.2) is 0 Å². The van der Waals surface area contributed by atoms with Crippen molar-refractivity contribution in [2.24, 2.45) is 5.73 Å². The first-order valence-corrected chi connectivity index (χ1v) is 8.15. The molecule has 0 aromatic heterocycles. The maximum Gasteiger partial charge on any atom is 0.119 e. The Kier molecular flexibility index (Phi) is 6.02. The largest absolute Gasteiger partial charge is 0.494 e. The van der Waals surface area contributed by atoms with Gasteiger partial charge in [-0.15, -0.1) is 0 Å². The smallest absolute Gasteiger partial charge is 0.119 e. The summed E-state index contributed by atoms with van der Waals surface area (Å²) in [5, 5.41) is 0. The van der Waals surface area contributed by atoms with Crippen LogP contribution in [0.4, 0.5) is 0 Å². The first kappa shape index (κ1) is 16.6. The van der Waals surface area contributed by atoms with Gasteiger partial charge in [0.1, 0.15) is 5.75 Å². The van der Waals surface area contributed by atoms with Crippen molar-refractivity contribution in [3.05, 3.63) is 65.7 Å². The van der Waals surface area contributed by atoms with E-state index in [4.69, 9.17) is 10.5 Å². The highest BCUT2D eigenvalue weighted by Crippen LogP contribution is 2.27. The first-order chi connectivity index (χ1) is 10.7. The van der Waals surface area contributed by atoms with E-state index in [0.717, 1.165) is 31.6 Å². The Balaban J connectivity index is 1.83. The van der Waals surface area contributed by atoms with Gasteiger partial charge in [0.15, 0.2) is 0 Å². The third-order valence-electron chi connectivity index (χ3n) is 4.39. The van der Waals surface area contributed by atoms with Gasteiger partial charge in [0.05, 0.1) is 6.61 Å². The topological polar surface area (TPSA) is 35.2 Å². The molecule has 2 N–H and O–H groups in total. The third-order valence-corrected chi connectivity index (χ3v) is 4.39. The van der Waals surface area contributed by atoms with Crippen molar-refractivity contribution in [3.8, 4) is 5.75 Å².